The molecule has 0 unspecified atom stereocenters. The van der Waals surface area contributed by atoms with Crippen LogP contribution >= 0.6 is 11.3 Å². The average molecular weight is 335 g/mol. The summed E-state index contributed by atoms with van der Waals surface area (Å²) in [5.74, 6) is 0.609. The Balaban J connectivity index is 2.33. The van der Waals surface area contributed by atoms with Crippen molar-refractivity contribution < 1.29 is 8.42 Å². The number of sulfonamides is 1. The lowest BCUT2D eigenvalue weighted by atomic mass is 10.1. The van der Waals surface area contributed by atoms with Gasteiger partial charge in [-0.15, -0.1) is 10.2 Å². The molecule has 0 fully saturated rings. The lowest BCUT2D eigenvalue weighted by Gasteiger charge is -2.05. The fraction of sp³-hybridized carbons (Fsp3) is 0.846. The predicted molar refractivity (Wildman–Crippen MR) is 88.3 cm³/mol. The molecule has 0 amide bonds. The summed E-state index contributed by atoms with van der Waals surface area (Å²) in [4.78, 5) is 0. The average Bonchev–Trinajstić information content (AvgIpc) is 2.79. The number of hydrogen-bond donors (Lipinski definition) is 2. The van der Waals surface area contributed by atoms with Crippen molar-refractivity contribution in [3.8, 4) is 0 Å². The summed E-state index contributed by atoms with van der Waals surface area (Å²) < 4.78 is 26.4. The van der Waals surface area contributed by atoms with E-state index in [1.54, 1.807) is 0 Å². The van der Waals surface area contributed by atoms with Gasteiger partial charge in [0.2, 0.25) is 15.2 Å². The molecule has 1 aromatic rings. The summed E-state index contributed by atoms with van der Waals surface area (Å²) in [6.07, 6.45) is 3.41. The molecule has 0 saturated heterocycles. The van der Waals surface area contributed by atoms with E-state index in [0.717, 1.165) is 37.4 Å². The zero-order valence-electron chi connectivity index (χ0n) is 13.1. The van der Waals surface area contributed by atoms with E-state index in [9.17, 15) is 8.42 Å². The Bertz CT molecular complexity index is 500. The Morgan fingerprint density at radius 1 is 1.19 bits per heavy atom. The summed E-state index contributed by atoms with van der Waals surface area (Å²) in [6, 6.07) is 0. The van der Waals surface area contributed by atoms with Crippen LogP contribution in [0.25, 0.3) is 0 Å². The van der Waals surface area contributed by atoms with Crippen LogP contribution in [0.2, 0.25) is 0 Å². The van der Waals surface area contributed by atoms with E-state index in [2.05, 4.69) is 41.0 Å². The minimum atomic E-state index is -3.31. The lowest BCUT2D eigenvalue weighted by molar-refractivity contribution is 0.590. The van der Waals surface area contributed by atoms with Crippen molar-refractivity contribution in [1.82, 2.24) is 15.5 Å². The molecule has 0 aliphatic carbocycles. The summed E-state index contributed by atoms with van der Waals surface area (Å²) >= 11 is 1.31. The molecule has 0 radical (unpaired) electrons. The van der Waals surface area contributed by atoms with E-state index in [-0.39, 0.29) is 5.75 Å². The number of unbranched alkanes of at least 4 members (excludes halogenated alkanes) is 1. The summed E-state index contributed by atoms with van der Waals surface area (Å²) in [5.41, 5.74) is 0. The normalized spacial score (nSPS) is 12.0. The minimum Gasteiger partial charge on any atom is -0.317 e. The number of nitrogens with zero attached hydrogens (tertiary/aromatic N) is 2. The number of nitrogens with one attached hydrogen (secondary N) is 2. The first-order valence-electron chi connectivity index (χ1n) is 7.46. The lowest BCUT2D eigenvalue weighted by Crippen LogP contribution is -2.19. The van der Waals surface area contributed by atoms with Gasteiger partial charge in [-0.1, -0.05) is 32.1 Å². The van der Waals surface area contributed by atoms with Crippen molar-refractivity contribution >= 4 is 26.5 Å². The number of hydrogen-bond acceptors (Lipinski definition) is 6. The van der Waals surface area contributed by atoms with Gasteiger partial charge in [-0.25, -0.2) is 8.42 Å². The molecule has 0 atom stereocenters. The highest BCUT2D eigenvalue weighted by molar-refractivity contribution is 7.92. The number of anilines is 1. The molecule has 1 aromatic heterocycles. The smallest absolute Gasteiger partial charge is 0.234 e. The third kappa shape index (κ3) is 8.33. The van der Waals surface area contributed by atoms with Crippen molar-refractivity contribution in [3.05, 3.63) is 5.01 Å². The van der Waals surface area contributed by atoms with Gasteiger partial charge in [-0.2, -0.15) is 0 Å². The first-order valence-corrected chi connectivity index (χ1v) is 9.93. The van der Waals surface area contributed by atoms with Gasteiger partial charge < -0.3 is 5.32 Å². The summed E-state index contributed by atoms with van der Waals surface area (Å²) in [6.45, 7) is 8.14. The Morgan fingerprint density at radius 3 is 2.62 bits per heavy atom. The number of aromatic nitrogens is 2. The highest BCUT2D eigenvalue weighted by Crippen LogP contribution is 2.19. The third-order valence-corrected chi connectivity index (χ3v) is 5.06. The molecule has 0 bridgehead atoms. The predicted octanol–water partition coefficient (Wildman–Crippen LogP) is 2.26. The maximum atomic E-state index is 11.9. The van der Waals surface area contributed by atoms with Gasteiger partial charge in [0, 0.05) is 6.42 Å². The SMILES string of the molecule is CCCNCCCCS(=O)(=O)Nc1nnc(CC(C)C)s1. The number of rotatable bonds is 11. The Morgan fingerprint density at radius 2 is 1.95 bits per heavy atom. The van der Waals surface area contributed by atoms with Crippen LogP contribution in [-0.2, 0) is 16.4 Å². The molecule has 6 nitrogen and oxygen atoms in total. The van der Waals surface area contributed by atoms with Crippen LogP contribution in [0.3, 0.4) is 0 Å². The molecule has 1 heterocycles. The fourth-order valence-corrected chi connectivity index (χ4v) is 4.10. The van der Waals surface area contributed by atoms with Crippen LogP contribution in [0.5, 0.6) is 0 Å². The first-order chi connectivity index (χ1) is 9.93. The van der Waals surface area contributed by atoms with Crippen LogP contribution in [0.4, 0.5) is 5.13 Å². The minimum absolute atomic E-state index is 0.125. The summed E-state index contributed by atoms with van der Waals surface area (Å²) in [5, 5.41) is 12.4. The van der Waals surface area contributed by atoms with Gasteiger partial charge in [0.05, 0.1) is 5.75 Å². The van der Waals surface area contributed by atoms with E-state index < -0.39 is 10.0 Å². The van der Waals surface area contributed by atoms with E-state index in [0.29, 0.717) is 17.5 Å². The molecule has 0 aromatic carbocycles. The van der Waals surface area contributed by atoms with Crippen molar-refractivity contribution in [2.75, 3.05) is 23.6 Å². The van der Waals surface area contributed by atoms with Gasteiger partial charge in [0.25, 0.3) is 0 Å². The molecule has 0 saturated carbocycles. The Kier molecular flexibility index (Phi) is 8.13. The topological polar surface area (TPSA) is 84.0 Å². The molecule has 1 rings (SSSR count). The molecular weight excluding hydrogens is 308 g/mol. The van der Waals surface area contributed by atoms with Gasteiger partial charge in [-0.05, 0) is 38.3 Å². The zero-order valence-corrected chi connectivity index (χ0v) is 14.7. The van der Waals surface area contributed by atoms with Gasteiger partial charge in [-0.3, -0.25) is 4.72 Å². The van der Waals surface area contributed by atoms with Crippen molar-refractivity contribution in [3.63, 3.8) is 0 Å². The van der Waals surface area contributed by atoms with Crippen molar-refractivity contribution in [1.29, 1.82) is 0 Å². The van der Waals surface area contributed by atoms with Crippen LogP contribution < -0.4 is 10.0 Å². The van der Waals surface area contributed by atoms with Gasteiger partial charge >= 0.3 is 0 Å². The highest BCUT2D eigenvalue weighted by Gasteiger charge is 2.14. The van der Waals surface area contributed by atoms with Gasteiger partial charge in [0.15, 0.2) is 0 Å². The molecule has 0 aliphatic rings. The largest absolute Gasteiger partial charge is 0.317 e. The first kappa shape index (κ1) is 18.3. The second-order valence-corrected chi connectivity index (χ2v) is 8.38. The van der Waals surface area contributed by atoms with Crippen LogP contribution in [0.1, 0.15) is 45.0 Å². The molecule has 8 heteroatoms. The second kappa shape index (κ2) is 9.32. The Hall–Kier alpha value is -0.730. The molecule has 0 spiro atoms. The fourth-order valence-electron chi connectivity index (χ4n) is 1.75. The maximum Gasteiger partial charge on any atom is 0.234 e. The molecule has 2 N–H and O–H groups in total. The molecule has 0 aliphatic heterocycles. The summed E-state index contributed by atoms with van der Waals surface area (Å²) in [7, 11) is -3.31. The molecular formula is C13H26N4O2S2. The van der Waals surface area contributed by atoms with E-state index in [1.807, 2.05) is 0 Å². The van der Waals surface area contributed by atoms with Gasteiger partial charge in [0.1, 0.15) is 5.01 Å². The standard InChI is InChI=1S/C13H26N4O2S2/c1-4-7-14-8-5-6-9-21(18,19)17-13-16-15-12(20-13)10-11(2)3/h11,14H,4-10H2,1-3H3,(H,16,17). The Labute approximate surface area is 131 Å². The highest BCUT2D eigenvalue weighted by atomic mass is 32.2. The van der Waals surface area contributed by atoms with Crippen molar-refractivity contribution in [2.24, 2.45) is 5.92 Å². The van der Waals surface area contributed by atoms with Crippen LogP contribution in [0.15, 0.2) is 0 Å². The zero-order chi connectivity index (χ0) is 15.7. The molecule has 122 valence electrons. The van der Waals surface area contributed by atoms with Crippen LogP contribution in [-0.4, -0.2) is 37.5 Å². The van der Waals surface area contributed by atoms with E-state index in [4.69, 9.17) is 0 Å². The molecule has 21 heavy (non-hydrogen) atoms. The second-order valence-electron chi connectivity index (χ2n) is 5.48. The third-order valence-electron chi connectivity index (χ3n) is 2.74. The quantitative estimate of drug-likeness (QED) is 0.606. The van der Waals surface area contributed by atoms with Crippen molar-refractivity contribution in [2.45, 2.75) is 46.5 Å². The van der Waals surface area contributed by atoms with Crippen LogP contribution in [0, 0.1) is 5.92 Å². The van der Waals surface area contributed by atoms with E-state index in [1.165, 1.54) is 11.3 Å². The van der Waals surface area contributed by atoms with E-state index >= 15 is 0 Å². The maximum absolute atomic E-state index is 11.9. The monoisotopic (exact) mass is 334 g/mol.